The van der Waals surface area contributed by atoms with Crippen LogP contribution in [0.3, 0.4) is 0 Å². The first-order chi connectivity index (χ1) is 17.2. The minimum absolute atomic E-state index is 0.203. The van der Waals surface area contributed by atoms with E-state index in [2.05, 4.69) is 5.32 Å². The second-order valence-corrected chi connectivity index (χ2v) is 9.03. The van der Waals surface area contributed by atoms with Gasteiger partial charge in [0.25, 0.3) is 5.91 Å². The number of aromatic nitrogens is 1. The summed E-state index contributed by atoms with van der Waals surface area (Å²) in [7, 11) is 1.51. The molecule has 10 nitrogen and oxygen atoms in total. The van der Waals surface area contributed by atoms with E-state index >= 15 is 0 Å². The molecule has 1 fully saturated rings. The van der Waals surface area contributed by atoms with E-state index < -0.39 is 43.2 Å². The van der Waals surface area contributed by atoms with Crippen LogP contribution in [0.4, 0.5) is 0 Å². The predicted molar refractivity (Wildman–Crippen MR) is 130 cm³/mol. The van der Waals surface area contributed by atoms with Gasteiger partial charge in [-0.15, -0.1) is 0 Å². The van der Waals surface area contributed by atoms with E-state index in [1.165, 1.54) is 11.7 Å². The quantitative estimate of drug-likeness (QED) is 0.321. The van der Waals surface area contributed by atoms with Crippen LogP contribution in [-0.2, 0) is 16.0 Å². The molecule has 4 rings (SSSR count). The maximum absolute atomic E-state index is 13.4. The third kappa shape index (κ3) is 4.83. The number of rotatable bonds is 6. The number of aliphatic hydroxyl groups excluding tert-OH is 4. The van der Waals surface area contributed by atoms with Gasteiger partial charge < -0.3 is 35.2 Å². The van der Waals surface area contributed by atoms with Crippen LogP contribution in [0.15, 0.2) is 42.5 Å². The summed E-state index contributed by atoms with van der Waals surface area (Å²) in [4.78, 5) is 26.4. The van der Waals surface area contributed by atoms with Gasteiger partial charge >= 0.3 is 0 Å². The number of methoxy groups -OCH3 is 1. The number of fused-ring (bicyclic) bond motifs is 1. The highest BCUT2D eigenvalue weighted by Crippen LogP contribution is 2.31. The first kappa shape index (κ1) is 26.1. The molecule has 0 radical (unpaired) electrons. The number of nitrogens with one attached hydrogen (secondary N) is 1. The number of hydrogen-bond acceptors (Lipinski definition) is 8. The maximum Gasteiger partial charge on any atom is 0.262 e. The van der Waals surface area contributed by atoms with Crippen molar-refractivity contribution in [2.45, 2.75) is 44.0 Å². The maximum atomic E-state index is 13.4. The fraction of sp³-hybridized carbons (Fsp3) is 0.360. The van der Waals surface area contributed by atoms with E-state index in [4.69, 9.17) is 21.1 Å². The molecule has 3 aromatic rings. The van der Waals surface area contributed by atoms with Crippen molar-refractivity contribution in [3.8, 4) is 5.75 Å². The molecule has 5 atom stereocenters. The Bertz CT molecular complexity index is 1280. The summed E-state index contributed by atoms with van der Waals surface area (Å²) in [6.07, 6.45) is -6.10. The van der Waals surface area contributed by atoms with Gasteiger partial charge in [0.05, 0.1) is 25.7 Å². The van der Waals surface area contributed by atoms with Crippen LogP contribution in [0.2, 0.25) is 5.02 Å². The number of ether oxygens (including phenoxy) is 2. The van der Waals surface area contributed by atoms with E-state index in [0.29, 0.717) is 38.5 Å². The van der Waals surface area contributed by atoms with Crippen LogP contribution >= 0.6 is 11.6 Å². The molecule has 0 saturated carbocycles. The van der Waals surface area contributed by atoms with Crippen LogP contribution in [0.1, 0.15) is 21.6 Å². The van der Waals surface area contributed by atoms with Crippen molar-refractivity contribution in [3.63, 3.8) is 0 Å². The molecule has 1 aliphatic rings. The molecule has 36 heavy (non-hydrogen) atoms. The van der Waals surface area contributed by atoms with Crippen molar-refractivity contribution < 1.29 is 39.5 Å². The Morgan fingerprint density at radius 2 is 1.81 bits per heavy atom. The van der Waals surface area contributed by atoms with Crippen LogP contribution in [0, 0.1) is 6.92 Å². The normalized spacial score (nSPS) is 24.0. The van der Waals surface area contributed by atoms with Gasteiger partial charge in [-0.25, -0.2) is 0 Å². The molecule has 1 amide bonds. The lowest BCUT2D eigenvalue weighted by atomic mass is 9.96. The van der Waals surface area contributed by atoms with Crippen molar-refractivity contribution in [3.05, 3.63) is 64.3 Å². The average Bonchev–Trinajstić information content (AvgIpc) is 3.14. The number of amides is 1. The molecule has 0 spiro atoms. The van der Waals surface area contributed by atoms with Crippen LogP contribution in [0.5, 0.6) is 5.75 Å². The first-order valence-electron chi connectivity index (χ1n) is 11.2. The number of carbonyl (C=O) groups excluding carboxylic acids is 2. The molecular formula is C25H27ClN2O8. The van der Waals surface area contributed by atoms with Gasteiger partial charge in [0.1, 0.15) is 30.1 Å². The monoisotopic (exact) mass is 518 g/mol. The first-order valence-corrected chi connectivity index (χ1v) is 11.6. The Kier molecular flexibility index (Phi) is 7.65. The van der Waals surface area contributed by atoms with E-state index in [-0.39, 0.29) is 12.3 Å². The summed E-state index contributed by atoms with van der Waals surface area (Å²) in [6, 6.07) is 10.3. The van der Waals surface area contributed by atoms with Crippen LogP contribution in [-0.4, -0.2) is 81.2 Å². The van der Waals surface area contributed by atoms with Crippen molar-refractivity contribution in [1.29, 1.82) is 0 Å². The van der Waals surface area contributed by atoms with Crippen LogP contribution in [0.25, 0.3) is 10.9 Å². The van der Waals surface area contributed by atoms with E-state index in [1.807, 2.05) is 0 Å². The lowest BCUT2D eigenvalue weighted by Gasteiger charge is -2.40. The number of hydrogen-bond donors (Lipinski definition) is 5. The van der Waals surface area contributed by atoms with Gasteiger partial charge in [-0.05, 0) is 55.0 Å². The predicted octanol–water partition coefficient (Wildman–Crippen LogP) is 0.759. The summed E-state index contributed by atoms with van der Waals surface area (Å²) < 4.78 is 11.9. The Labute approximate surface area is 211 Å². The number of carbonyl (C=O) groups is 2. The SMILES string of the molecule is COc1ccc2c(c1)c(CC(=O)NC1C(O)[C@@H](O)C(CO)O[C@H]1O)c(C)n2C(=O)c1ccc(Cl)cc1. The molecule has 1 aromatic heterocycles. The van der Waals surface area contributed by atoms with Gasteiger partial charge in [-0.1, -0.05) is 11.6 Å². The fourth-order valence-electron chi connectivity index (χ4n) is 4.45. The van der Waals surface area contributed by atoms with E-state index in [9.17, 15) is 30.0 Å². The molecule has 0 aliphatic carbocycles. The standard InChI is InChI=1S/C25H27ClN2O8/c1-12-16(10-20(30)27-21-23(32)22(31)19(11-29)36-25(21)34)17-9-15(35-2)7-8-18(17)28(12)24(33)13-3-5-14(26)6-4-13/h3-9,19,21-23,25,29,31-32,34H,10-11H2,1-2H3,(H,27,30)/t19?,21?,22-,23?,25+/m0/s1. The molecule has 1 aliphatic heterocycles. The molecule has 2 heterocycles. The second-order valence-electron chi connectivity index (χ2n) is 8.59. The molecular weight excluding hydrogens is 492 g/mol. The summed E-state index contributed by atoms with van der Waals surface area (Å²) in [5, 5.41) is 43.5. The van der Waals surface area contributed by atoms with Gasteiger partial charge in [0, 0.05) is 21.7 Å². The molecule has 2 aromatic carbocycles. The summed E-state index contributed by atoms with van der Waals surface area (Å²) in [5.74, 6) is -0.360. The largest absolute Gasteiger partial charge is 0.497 e. The minimum Gasteiger partial charge on any atom is -0.497 e. The second kappa shape index (κ2) is 10.6. The summed E-state index contributed by atoms with van der Waals surface area (Å²) in [6.45, 7) is 1.10. The smallest absolute Gasteiger partial charge is 0.262 e. The highest BCUT2D eigenvalue weighted by molar-refractivity contribution is 6.30. The lowest BCUT2D eigenvalue weighted by molar-refractivity contribution is -0.253. The number of halogens is 1. The Morgan fingerprint density at radius 1 is 1.11 bits per heavy atom. The van der Waals surface area contributed by atoms with Gasteiger partial charge in [0.15, 0.2) is 6.29 Å². The zero-order valence-corrected chi connectivity index (χ0v) is 20.3. The van der Waals surface area contributed by atoms with Crippen molar-refractivity contribution in [1.82, 2.24) is 9.88 Å². The number of aliphatic hydroxyl groups is 4. The van der Waals surface area contributed by atoms with Gasteiger partial charge in [-0.2, -0.15) is 0 Å². The van der Waals surface area contributed by atoms with E-state index in [0.717, 1.165) is 0 Å². The summed E-state index contributed by atoms with van der Waals surface area (Å²) >= 11 is 5.96. The highest BCUT2D eigenvalue weighted by atomic mass is 35.5. The minimum atomic E-state index is -1.64. The topological polar surface area (TPSA) is 150 Å². The molecule has 11 heteroatoms. The van der Waals surface area contributed by atoms with Gasteiger partial charge in [-0.3, -0.25) is 14.2 Å². The van der Waals surface area contributed by atoms with Crippen molar-refractivity contribution in [2.24, 2.45) is 0 Å². The molecule has 0 bridgehead atoms. The molecule has 1 saturated heterocycles. The van der Waals surface area contributed by atoms with Crippen molar-refractivity contribution in [2.75, 3.05) is 13.7 Å². The highest BCUT2D eigenvalue weighted by Gasteiger charge is 2.44. The summed E-state index contributed by atoms with van der Waals surface area (Å²) in [5.41, 5.74) is 2.04. The number of nitrogens with zero attached hydrogens (tertiary/aromatic N) is 1. The number of benzene rings is 2. The zero-order valence-electron chi connectivity index (χ0n) is 19.6. The molecule has 192 valence electrons. The molecule has 5 N–H and O–H groups in total. The van der Waals surface area contributed by atoms with Crippen LogP contribution < -0.4 is 10.1 Å². The Balaban J connectivity index is 1.67. The Hall–Kier alpha value is -2.99. The Morgan fingerprint density at radius 3 is 2.44 bits per heavy atom. The third-order valence-corrected chi connectivity index (χ3v) is 6.65. The zero-order chi connectivity index (χ0) is 26.1. The fourth-order valence-corrected chi connectivity index (χ4v) is 4.57. The van der Waals surface area contributed by atoms with E-state index in [1.54, 1.807) is 49.4 Å². The third-order valence-electron chi connectivity index (χ3n) is 6.40. The average molecular weight is 519 g/mol. The molecule has 3 unspecified atom stereocenters. The van der Waals surface area contributed by atoms with Gasteiger partial charge in [0.2, 0.25) is 5.91 Å². The van der Waals surface area contributed by atoms with Crippen molar-refractivity contribution >= 4 is 34.3 Å². The lowest BCUT2D eigenvalue weighted by Crippen LogP contribution is -2.64.